The maximum Gasteiger partial charge on any atom is 0.252 e. The van der Waals surface area contributed by atoms with Crippen LogP contribution >= 0.6 is 11.6 Å². The summed E-state index contributed by atoms with van der Waals surface area (Å²) in [7, 11) is 1.77. The lowest BCUT2D eigenvalue weighted by molar-refractivity contribution is 0.108. The molecule has 0 aliphatic heterocycles. The van der Waals surface area contributed by atoms with Gasteiger partial charge in [0.1, 0.15) is 0 Å². The maximum atomic E-state index is 11.0. The highest BCUT2D eigenvalue weighted by molar-refractivity contribution is 6.67. The minimum Gasteiger partial charge on any atom is -0.384 e. The van der Waals surface area contributed by atoms with Crippen LogP contribution in [0.3, 0.4) is 0 Å². The quantitative estimate of drug-likeness (QED) is 0.771. The van der Waals surface area contributed by atoms with Gasteiger partial charge in [-0.2, -0.15) is 0 Å². The second kappa shape index (κ2) is 6.35. The highest BCUT2D eigenvalue weighted by Crippen LogP contribution is 2.35. The number of ether oxygens (including phenoxy) is 1. The van der Waals surface area contributed by atoms with Gasteiger partial charge < -0.3 is 4.74 Å². The first-order chi connectivity index (χ1) is 8.70. The summed E-state index contributed by atoms with van der Waals surface area (Å²) in [6.07, 6.45) is 4.88. The fourth-order valence-electron chi connectivity index (χ4n) is 2.78. The fraction of sp³-hybridized carbons (Fsp3) is 0.533. The van der Waals surface area contributed by atoms with Crippen molar-refractivity contribution in [3.05, 3.63) is 35.4 Å². The lowest BCUT2D eigenvalue weighted by atomic mass is 9.79. The Kier molecular flexibility index (Phi) is 4.79. The smallest absolute Gasteiger partial charge is 0.252 e. The van der Waals surface area contributed by atoms with Crippen LogP contribution in [0.15, 0.2) is 24.3 Å². The largest absolute Gasteiger partial charge is 0.384 e. The Bertz CT molecular complexity index is 391. The van der Waals surface area contributed by atoms with Crippen molar-refractivity contribution >= 4 is 16.8 Å². The summed E-state index contributed by atoms with van der Waals surface area (Å²) in [5, 5.41) is -0.384. The third-order valence-electron chi connectivity index (χ3n) is 3.86. The molecule has 1 aromatic rings. The van der Waals surface area contributed by atoms with Crippen LogP contribution in [0.2, 0.25) is 0 Å². The Morgan fingerprint density at radius 3 is 2.33 bits per heavy atom. The molecule has 0 radical (unpaired) electrons. The summed E-state index contributed by atoms with van der Waals surface area (Å²) in [4.78, 5) is 11.0. The Balaban J connectivity index is 1.95. The summed E-state index contributed by atoms with van der Waals surface area (Å²) < 4.78 is 5.21. The molecule has 0 heterocycles. The molecule has 1 saturated carbocycles. The second-order valence-corrected chi connectivity index (χ2v) is 5.41. The summed E-state index contributed by atoms with van der Waals surface area (Å²) in [5.74, 6) is 1.34. The molecular formula is C15H19ClO2. The number of halogens is 1. The molecule has 98 valence electrons. The predicted molar refractivity (Wildman–Crippen MR) is 73.2 cm³/mol. The van der Waals surface area contributed by atoms with Gasteiger partial charge >= 0.3 is 0 Å². The average Bonchev–Trinajstić information content (AvgIpc) is 2.40. The second-order valence-electron chi connectivity index (χ2n) is 5.07. The first kappa shape index (κ1) is 13.6. The van der Waals surface area contributed by atoms with Gasteiger partial charge in [0.05, 0.1) is 0 Å². The molecule has 0 amide bonds. The monoisotopic (exact) mass is 266 g/mol. The van der Waals surface area contributed by atoms with Crippen LogP contribution in [-0.2, 0) is 4.74 Å². The Hall–Kier alpha value is -0.860. The van der Waals surface area contributed by atoms with Gasteiger partial charge in [0.15, 0.2) is 0 Å². The number of rotatable bonds is 4. The molecule has 2 rings (SSSR count). The van der Waals surface area contributed by atoms with Crippen LogP contribution in [0.4, 0.5) is 0 Å². The predicted octanol–water partition coefficient (Wildman–Crippen LogP) is 3.99. The minimum absolute atomic E-state index is 0.384. The molecule has 1 aliphatic rings. The topological polar surface area (TPSA) is 26.3 Å². The first-order valence-corrected chi connectivity index (χ1v) is 6.87. The van der Waals surface area contributed by atoms with Crippen LogP contribution in [0.1, 0.15) is 47.5 Å². The van der Waals surface area contributed by atoms with E-state index >= 15 is 0 Å². The molecule has 1 aliphatic carbocycles. The molecule has 3 heteroatoms. The lowest BCUT2D eigenvalue weighted by Gasteiger charge is -2.28. The zero-order valence-corrected chi connectivity index (χ0v) is 11.5. The molecule has 0 aromatic heterocycles. The van der Waals surface area contributed by atoms with Gasteiger partial charge in [-0.3, -0.25) is 4.79 Å². The highest BCUT2D eigenvalue weighted by atomic mass is 35.5. The molecule has 18 heavy (non-hydrogen) atoms. The highest BCUT2D eigenvalue weighted by Gasteiger charge is 2.22. The zero-order chi connectivity index (χ0) is 13.0. The molecule has 0 atom stereocenters. The molecule has 1 fully saturated rings. The average molecular weight is 267 g/mol. The van der Waals surface area contributed by atoms with E-state index in [0.717, 1.165) is 12.5 Å². The molecule has 0 N–H and O–H groups in total. The Morgan fingerprint density at radius 2 is 1.83 bits per heavy atom. The Morgan fingerprint density at radius 1 is 1.22 bits per heavy atom. The van der Waals surface area contributed by atoms with Crippen molar-refractivity contribution in [1.82, 2.24) is 0 Å². The minimum atomic E-state index is -0.384. The van der Waals surface area contributed by atoms with Crippen LogP contribution in [0.25, 0.3) is 0 Å². The van der Waals surface area contributed by atoms with Gasteiger partial charge in [-0.05, 0) is 66.8 Å². The van der Waals surface area contributed by atoms with Gasteiger partial charge in [-0.1, -0.05) is 12.1 Å². The van der Waals surface area contributed by atoms with E-state index in [9.17, 15) is 4.79 Å². The number of carbonyl (C=O) groups is 1. The number of benzene rings is 1. The van der Waals surface area contributed by atoms with E-state index in [1.807, 2.05) is 24.3 Å². The van der Waals surface area contributed by atoms with Gasteiger partial charge in [0.25, 0.3) is 5.24 Å². The van der Waals surface area contributed by atoms with Crippen molar-refractivity contribution in [2.45, 2.75) is 31.6 Å². The standard InChI is InChI=1S/C15H19ClO2/c1-18-10-11-2-4-12(5-3-11)13-6-8-14(9-7-13)15(16)17/h6-9,11-12H,2-5,10H2,1H3/t11-,12-. The summed E-state index contributed by atoms with van der Waals surface area (Å²) in [6, 6.07) is 7.73. The van der Waals surface area contributed by atoms with Crippen LogP contribution < -0.4 is 0 Å². The SMILES string of the molecule is COC[C@H]1CC[C@H](c2ccc(C(=O)Cl)cc2)CC1. The van der Waals surface area contributed by atoms with Gasteiger partial charge in [-0.25, -0.2) is 0 Å². The Labute approximate surface area is 113 Å². The van der Waals surface area contributed by atoms with E-state index in [2.05, 4.69) is 0 Å². The maximum absolute atomic E-state index is 11.0. The molecule has 2 nitrogen and oxygen atoms in total. The van der Waals surface area contributed by atoms with Crippen molar-refractivity contribution < 1.29 is 9.53 Å². The molecule has 0 saturated heterocycles. The molecule has 0 spiro atoms. The van der Waals surface area contributed by atoms with Crippen molar-refractivity contribution in [3.8, 4) is 0 Å². The van der Waals surface area contributed by atoms with Gasteiger partial charge in [0, 0.05) is 19.3 Å². The molecular weight excluding hydrogens is 248 g/mol. The third kappa shape index (κ3) is 3.33. The third-order valence-corrected chi connectivity index (χ3v) is 4.08. The van der Waals surface area contributed by atoms with Crippen LogP contribution in [0, 0.1) is 5.92 Å². The van der Waals surface area contributed by atoms with Crippen LogP contribution in [-0.4, -0.2) is 19.0 Å². The van der Waals surface area contributed by atoms with Crippen molar-refractivity contribution in [1.29, 1.82) is 0 Å². The van der Waals surface area contributed by atoms with Crippen LogP contribution in [0.5, 0.6) is 0 Å². The first-order valence-electron chi connectivity index (χ1n) is 6.49. The van der Waals surface area contributed by atoms with Crippen molar-refractivity contribution in [2.75, 3.05) is 13.7 Å². The summed E-state index contributed by atoms with van der Waals surface area (Å²) in [6.45, 7) is 0.881. The fourth-order valence-corrected chi connectivity index (χ4v) is 2.91. The summed E-state index contributed by atoms with van der Waals surface area (Å²) in [5.41, 5.74) is 1.90. The van der Waals surface area contributed by atoms with Crippen molar-refractivity contribution in [3.63, 3.8) is 0 Å². The molecule has 0 unspecified atom stereocenters. The zero-order valence-electron chi connectivity index (χ0n) is 10.7. The lowest BCUT2D eigenvalue weighted by Crippen LogP contribution is -2.17. The number of hydrogen-bond donors (Lipinski definition) is 0. The molecule has 1 aromatic carbocycles. The number of carbonyl (C=O) groups excluding carboxylic acids is 1. The normalized spacial score (nSPS) is 23.9. The van der Waals surface area contributed by atoms with E-state index in [1.165, 1.54) is 31.2 Å². The number of methoxy groups -OCH3 is 1. The van der Waals surface area contributed by atoms with E-state index in [-0.39, 0.29) is 5.24 Å². The summed E-state index contributed by atoms with van der Waals surface area (Å²) >= 11 is 5.44. The van der Waals surface area contributed by atoms with E-state index < -0.39 is 0 Å². The number of hydrogen-bond acceptors (Lipinski definition) is 2. The van der Waals surface area contributed by atoms with Gasteiger partial charge in [0.2, 0.25) is 0 Å². The van der Waals surface area contributed by atoms with Gasteiger partial charge in [-0.15, -0.1) is 0 Å². The van der Waals surface area contributed by atoms with E-state index in [1.54, 1.807) is 7.11 Å². The van der Waals surface area contributed by atoms with E-state index in [0.29, 0.717) is 11.5 Å². The van der Waals surface area contributed by atoms with Crippen molar-refractivity contribution in [2.24, 2.45) is 5.92 Å². The van der Waals surface area contributed by atoms with E-state index in [4.69, 9.17) is 16.3 Å². The molecule has 0 bridgehead atoms.